The van der Waals surface area contributed by atoms with Crippen LogP contribution in [0.3, 0.4) is 0 Å². The molecule has 2 aliphatic rings. The molecule has 4 rings (SSSR count). The van der Waals surface area contributed by atoms with Crippen molar-refractivity contribution in [2.45, 2.75) is 50.3 Å². The number of nitrogens with zero attached hydrogens (tertiary/aromatic N) is 1. The standard InChI is InChI=1S/C24H25NO3/c1-24(2,3)28-23(27)25-18-14-15-19(25)21(17-12-8-5-9-13-17)22(26)20(18)16-10-6-4-7-11-16/h4-15,18-21H,1-3H3/t18-,19+,20+,21?/m1/s1. The van der Waals surface area contributed by atoms with Crippen LogP contribution in [0.15, 0.2) is 72.8 Å². The van der Waals surface area contributed by atoms with Gasteiger partial charge in [-0.3, -0.25) is 9.69 Å². The summed E-state index contributed by atoms with van der Waals surface area (Å²) >= 11 is 0. The highest BCUT2D eigenvalue weighted by Crippen LogP contribution is 2.45. The predicted octanol–water partition coefficient (Wildman–Crippen LogP) is 4.68. The first-order valence-electron chi connectivity index (χ1n) is 9.70. The quantitative estimate of drug-likeness (QED) is 0.716. The Bertz CT molecular complexity index is 839. The molecule has 2 aromatic carbocycles. The smallest absolute Gasteiger partial charge is 0.411 e. The molecule has 1 fully saturated rings. The van der Waals surface area contributed by atoms with Crippen molar-refractivity contribution in [3.05, 3.63) is 83.9 Å². The van der Waals surface area contributed by atoms with Crippen LogP contribution in [0.5, 0.6) is 0 Å². The van der Waals surface area contributed by atoms with E-state index in [0.717, 1.165) is 11.1 Å². The Morgan fingerprint density at radius 2 is 1.25 bits per heavy atom. The summed E-state index contributed by atoms with van der Waals surface area (Å²) in [5.74, 6) is -0.667. The first kappa shape index (κ1) is 18.5. The molecule has 0 N–H and O–H groups in total. The van der Waals surface area contributed by atoms with Gasteiger partial charge in [-0.25, -0.2) is 4.79 Å². The lowest BCUT2D eigenvalue weighted by Gasteiger charge is -2.44. The summed E-state index contributed by atoms with van der Waals surface area (Å²) < 4.78 is 5.70. The Hall–Kier alpha value is -2.88. The number of ketones is 1. The predicted molar refractivity (Wildman–Crippen MR) is 108 cm³/mol. The number of hydrogen-bond acceptors (Lipinski definition) is 3. The molecule has 0 spiro atoms. The van der Waals surface area contributed by atoms with Crippen molar-refractivity contribution in [3.8, 4) is 0 Å². The third-order valence-corrected chi connectivity index (χ3v) is 5.37. The van der Waals surface area contributed by atoms with Crippen molar-refractivity contribution in [3.63, 3.8) is 0 Å². The summed E-state index contributed by atoms with van der Waals surface area (Å²) in [6, 6.07) is 18.8. The molecule has 2 heterocycles. The van der Waals surface area contributed by atoms with E-state index in [1.807, 2.05) is 93.6 Å². The second kappa shape index (κ2) is 6.93. The van der Waals surface area contributed by atoms with Crippen molar-refractivity contribution >= 4 is 11.9 Å². The highest BCUT2D eigenvalue weighted by atomic mass is 16.6. The van der Waals surface area contributed by atoms with Crippen LogP contribution < -0.4 is 0 Å². The fourth-order valence-electron chi connectivity index (χ4n) is 4.29. The maximum atomic E-state index is 13.6. The lowest BCUT2D eigenvalue weighted by molar-refractivity contribution is -0.127. The minimum absolute atomic E-state index is 0.150. The number of ether oxygens (including phenoxy) is 1. The number of hydrogen-bond donors (Lipinski definition) is 0. The van der Waals surface area contributed by atoms with Gasteiger partial charge in [0.05, 0.1) is 23.9 Å². The molecule has 28 heavy (non-hydrogen) atoms. The lowest BCUT2D eigenvalue weighted by Crippen LogP contribution is -2.56. The van der Waals surface area contributed by atoms with Crippen LogP contribution in [-0.4, -0.2) is 34.5 Å². The molecule has 4 atom stereocenters. The molecule has 0 saturated carbocycles. The molecular formula is C24H25NO3. The number of carbonyl (C=O) groups is 2. The van der Waals surface area contributed by atoms with Crippen molar-refractivity contribution in [2.24, 2.45) is 0 Å². The summed E-state index contributed by atoms with van der Waals surface area (Å²) in [4.78, 5) is 28.5. The minimum atomic E-state index is -0.595. The third kappa shape index (κ3) is 3.24. The molecule has 2 bridgehead atoms. The summed E-state index contributed by atoms with van der Waals surface area (Å²) in [5.41, 5.74) is 1.26. The van der Waals surface area contributed by atoms with E-state index in [-0.39, 0.29) is 24.0 Å². The van der Waals surface area contributed by atoms with Gasteiger partial charge in [-0.15, -0.1) is 0 Å². The summed E-state index contributed by atoms with van der Waals surface area (Å²) in [5, 5.41) is 0. The Morgan fingerprint density at radius 1 is 0.821 bits per heavy atom. The van der Waals surface area contributed by atoms with E-state index < -0.39 is 17.4 Å². The second-order valence-electron chi connectivity index (χ2n) is 8.43. The molecule has 0 aromatic heterocycles. The molecule has 144 valence electrons. The van der Waals surface area contributed by atoms with Gasteiger partial charge in [0.1, 0.15) is 5.60 Å². The lowest BCUT2D eigenvalue weighted by atomic mass is 9.74. The number of rotatable bonds is 2. The number of fused-ring (bicyclic) bond motifs is 2. The Morgan fingerprint density at radius 3 is 1.64 bits per heavy atom. The average Bonchev–Trinajstić information content (AvgIpc) is 3.00. The van der Waals surface area contributed by atoms with E-state index in [2.05, 4.69) is 0 Å². The van der Waals surface area contributed by atoms with Crippen LogP contribution in [0.2, 0.25) is 0 Å². The molecule has 1 unspecified atom stereocenters. The highest BCUT2D eigenvalue weighted by Gasteiger charge is 2.53. The van der Waals surface area contributed by atoms with Gasteiger partial charge in [-0.2, -0.15) is 0 Å². The molecule has 1 saturated heterocycles. The molecule has 2 aromatic rings. The van der Waals surface area contributed by atoms with Crippen molar-refractivity contribution < 1.29 is 14.3 Å². The third-order valence-electron chi connectivity index (χ3n) is 5.37. The van der Waals surface area contributed by atoms with Gasteiger partial charge in [0.25, 0.3) is 0 Å². The first-order chi connectivity index (χ1) is 13.4. The van der Waals surface area contributed by atoms with Gasteiger partial charge < -0.3 is 4.74 Å². The fraction of sp³-hybridized carbons (Fsp3) is 0.333. The molecule has 4 nitrogen and oxygen atoms in total. The maximum Gasteiger partial charge on any atom is 0.411 e. The molecule has 2 aliphatic heterocycles. The monoisotopic (exact) mass is 375 g/mol. The normalized spacial score (nSPS) is 26.4. The number of Topliss-reactive ketones (excluding diaryl/α,β-unsaturated/α-hetero) is 1. The van der Waals surface area contributed by atoms with Crippen LogP contribution in [0, 0.1) is 0 Å². The second-order valence-corrected chi connectivity index (χ2v) is 8.43. The summed E-state index contributed by atoms with van der Waals surface area (Å²) in [6.07, 6.45) is 3.61. The van der Waals surface area contributed by atoms with Gasteiger partial charge >= 0.3 is 6.09 Å². The van der Waals surface area contributed by atoms with Crippen molar-refractivity contribution in [1.82, 2.24) is 4.90 Å². The topological polar surface area (TPSA) is 46.6 Å². The van der Waals surface area contributed by atoms with Crippen LogP contribution in [0.4, 0.5) is 4.79 Å². The molecule has 1 amide bonds. The van der Waals surface area contributed by atoms with Crippen LogP contribution >= 0.6 is 0 Å². The fourth-order valence-corrected chi connectivity index (χ4v) is 4.29. The largest absolute Gasteiger partial charge is 0.444 e. The minimum Gasteiger partial charge on any atom is -0.444 e. The number of amides is 1. The van der Waals surface area contributed by atoms with E-state index in [1.54, 1.807) is 4.90 Å². The summed E-state index contributed by atoms with van der Waals surface area (Å²) in [7, 11) is 0. The van der Waals surface area contributed by atoms with E-state index in [1.165, 1.54) is 0 Å². The van der Waals surface area contributed by atoms with E-state index in [4.69, 9.17) is 4.74 Å². The van der Waals surface area contributed by atoms with Gasteiger partial charge in [-0.05, 0) is 31.9 Å². The average molecular weight is 375 g/mol. The van der Waals surface area contributed by atoms with Crippen molar-refractivity contribution in [1.29, 1.82) is 0 Å². The highest BCUT2D eigenvalue weighted by molar-refractivity contribution is 5.97. The summed E-state index contributed by atoms with van der Waals surface area (Å²) in [6.45, 7) is 5.58. The zero-order chi connectivity index (χ0) is 19.9. The number of piperidine rings is 1. The zero-order valence-electron chi connectivity index (χ0n) is 16.4. The van der Waals surface area contributed by atoms with E-state index >= 15 is 0 Å². The number of carbonyl (C=O) groups excluding carboxylic acids is 2. The maximum absolute atomic E-state index is 13.6. The van der Waals surface area contributed by atoms with E-state index in [9.17, 15) is 9.59 Å². The van der Waals surface area contributed by atoms with Gasteiger partial charge in [0.15, 0.2) is 5.78 Å². The van der Waals surface area contributed by atoms with Crippen LogP contribution in [-0.2, 0) is 9.53 Å². The van der Waals surface area contributed by atoms with Gasteiger partial charge in [-0.1, -0.05) is 72.8 Å². The van der Waals surface area contributed by atoms with Crippen LogP contribution in [0.25, 0.3) is 0 Å². The SMILES string of the molecule is CC(C)(C)OC(=O)N1[C@@H]2C=C[C@H]1C(c1ccccc1)C(=O)[C@H]2c1ccccc1. The number of benzene rings is 2. The van der Waals surface area contributed by atoms with Gasteiger partial charge in [0, 0.05) is 0 Å². The molecule has 4 heteroatoms. The Kier molecular flexibility index (Phi) is 4.58. The molecular weight excluding hydrogens is 350 g/mol. The van der Waals surface area contributed by atoms with E-state index in [0.29, 0.717) is 0 Å². The molecule has 0 radical (unpaired) electrons. The zero-order valence-corrected chi connectivity index (χ0v) is 16.4. The Labute approximate surface area is 165 Å². The van der Waals surface area contributed by atoms with Crippen molar-refractivity contribution in [2.75, 3.05) is 0 Å². The first-order valence-corrected chi connectivity index (χ1v) is 9.70. The van der Waals surface area contributed by atoms with Crippen LogP contribution in [0.1, 0.15) is 43.7 Å². The molecule has 0 aliphatic carbocycles. The Balaban J connectivity index is 1.79. The van der Waals surface area contributed by atoms with Gasteiger partial charge in [0.2, 0.25) is 0 Å².